The Hall–Kier alpha value is -0.780. The van der Waals surface area contributed by atoms with Crippen LogP contribution in [0.15, 0.2) is 5.11 Å². The summed E-state index contributed by atoms with van der Waals surface area (Å²) in [4.78, 5) is 4.69. The van der Waals surface area contributed by atoms with Gasteiger partial charge in [0.05, 0.1) is 11.5 Å². The lowest BCUT2D eigenvalue weighted by molar-refractivity contribution is 0.233. The Balaban J connectivity index is 2.46. The number of nitrogens with zero attached hydrogens (tertiary/aromatic N) is 4. The molecule has 0 N–H and O–H groups in total. The van der Waals surface area contributed by atoms with Crippen molar-refractivity contribution in [2.45, 2.75) is 13.0 Å². The Bertz CT molecular complexity index is 334. The number of rotatable bonds is 3. The topological polar surface area (TPSA) is 86.1 Å². The standard InChI is InChI=1S/C7H14N4O2S/c1-7-6-14(12,13)5-4-11(7)3-2-9-10-8/h7H,2-6H2,1H3. The van der Waals surface area contributed by atoms with E-state index in [2.05, 4.69) is 10.0 Å². The van der Waals surface area contributed by atoms with Crippen LogP contribution in [-0.2, 0) is 9.84 Å². The molecule has 1 unspecified atom stereocenters. The van der Waals surface area contributed by atoms with Crippen LogP contribution in [0.4, 0.5) is 0 Å². The van der Waals surface area contributed by atoms with E-state index in [0.29, 0.717) is 19.6 Å². The van der Waals surface area contributed by atoms with E-state index in [-0.39, 0.29) is 17.5 Å². The predicted molar refractivity (Wildman–Crippen MR) is 53.7 cm³/mol. The van der Waals surface area contributed by atoms with Crippen molar-refractivity contribution in [3.8, 4) is 0 Å². The summed E-state index contributed by atoms with van der Waals surface area (Å²) >= 11 is 0. The highest BCUT2D eigenvalue weighted by Gasteiger charge is 2.27. The molecule has 0 aliphatic carbocycles. The second-order valence-corrected chi connectivity index (χ2v) is 5.68. The van der Waals surface area contributed by atoms with E-state index in [1.165, 1.54) is 0 Å². The van der Waals surface area contributed by atoms with Crippen LogP contribution in [0.2, 0.25) is 0 Å². The maximum Gasteiger partial charge on any atom is 0.153 e. The van der Waals surface area contributed by atoms with Crippen LogP contribution in [0.25, 0.3) is 10.4 Å². The van der Waals surface area contributed by atoms with E-state index in [1.807, 2.05) is 11.8 Å². The van der Waals surface area contributed by atoms with Gasteiger partial charge in [-0.1, -0.05) is 5.11 Å². The van der Waals surface area contributed by atoms with Gasteiger partial charge < -0.3 is 0 Å². The lowest BCUT2D eigenvalue weighted by atomic mass is 10.3. The van der Waals surface area contributed by atoms with Crippen molar-refractivity contribution >= 4 is 9.84 Å². The van der Waals surface area contributed by atoms with Gasteiger partial charge in [0.25, 0.3) is 0 Å². The van der Waals surface area contributed by atoms with Crippen molar-refractivity contribution in [2.75, 3.05) is 31.1 Å². The Morgan fingerprint density at radius 1 is 1.64 bits per heavy atom. The molecule has 0 spiro atoms. The molecule has 1 heterocycles. The van der Waals surface area contributed by atoms with Gasteiger partial charge in [-0.05, 0) is 12.5 Å². The van der Waals surface area contributed by atoms with Crippen molar-refractivity contribution < 1.29 is 8.42 Å². The summed E-state index contributed by atoms with van der Waals surface area (Å²) in [6, 6.07) is 0.0302. The van der Waals surface area contributed by atoms with Gasteiger partial charge >= 0.3 is 0 Å². The minimum atomic E-state index is -2.84. The molecule has 1 aliphatic rings. The van der Waals surface area contributed by atoms with E-state index in [9.17, 15) is 8.42 Å². The Kier molecular flexibility index (Phi) is 3.74. The van der Waals surface area contributed by atoms with Crippen LogP contribution < -0.4 is 0 Å². The normalized spacial score (nSPS) is 26.8. The van der Waals surface area contributed by atoms with Crippen LogP contribution in [0.5, 0.6) is 0 Å². The SMILES string of the molecule is CC1CS(=O)(=O)CCN1CCN=[N+]=[N-]. The van der Waals surface area contributed by atoms with Crippen LogP contribution in [0.3, 0.4) is 0 Å². The smallest absolute Gasteiger partial charge is 0.153 e. The molecule has 0 aromatic carbocycles. The van der Waals surface area contributed by atoms with E-state index in [1.54, 1.807) is 0 Å². The van der Waals surface area contributed by atoms with Crippen LogP contribution in [-0.4, -0.2) is 50.5 Å². The average Bonchev–Trinajstić information content (AvgIpc) is 2.08. The summed E-state index contributed by atoms with van der Waals surface area (Å²) < 4.78 is 22.5. The summed E-state index contributed by atoms with van der Waals surface area (Å²) in [6.45, 7) is 3.47. The highest BCUT2D eigenvalue weighted by Crippen LogP contribution is 2.10. The molecule has 80 valence electrons. The third kappa shape index (κ3) is 3.17. The predicted octanol–water partition coefficient (Wildman–Crippen LogP) is 0.416. The molecular weight excluding hydrogens is 204 g/mol. The fourth-order valence-electron chi connectivity index (χ4n) is 1.58. The summed E-state index contributed by atoms with van der Waals surface area (Å²) in [5.74, 6) is 0.427. The molecule has 0 aromatic heterocycles. The largest absolute Gasteiger partial charge is 0.299 e. The highest BCUT2D eigenvalue weighted by atomic mass is 32.2. The molecule has 0 amide bonds. The number of hydrogen-bond donors (Lipinski definition) is 0. The van der Waals surface area contributed by atoms with Gasteiger partial charge in [-0.2, -0.15) is 0 Å². The summed E-state index contributed by atoms with van der Waals surface area (Å²) in [6.07, 6.45) is 0. The zero-order valence-electron chi connectivity index (χ0n) is 8.13. The first-order valence-electron chi connectivity index (χ1n) is 4.50. The Morgan fingerprint density at radius 2 is 2.36 bits per heavy atom. The Labute approximate surface area is 83.4 Å². The van der Waals surface area contributed by atoms with Crippen LogP contribution >= 0.6 is 0 Å². The molecule has 1 aliphatic heterocycles. The van der Waals surface area contributed by atoms with E-state index in [0.717, 1.165) is 0 Å². The fourth-order valence-corrected chi connectivity index (χ4v) is 3.21. The third-order valence-corrected chi connectivity index (χ3v) is 4.15. The molecule has 1 atom stereocenters. The monoisotopic (exact) mass is 218 g/mol. The molecule has 0 aromatic rings. The third-order valence-electron chi connectivity index (χ3n) is 2.36. The average molecular weight is 218 g/mol. The van der Waals surface area contributed by atoms with Gasteiger partial charge in [-0.15, -0.1) is 0 Å². The highest BCUT2D eigenvalue weighted by molar-refractivity contribution is 7.91. The molecule has 1 saturated heterocycles. The molecule has 0 radical (unpaired) electrons. The quantitative estimate of drug-likeness (QED) is 0.390. The van der Waals surface area contributed by atoms with E-state index < -0.39 is 9.84 Å². The zero-order chi connectivity index (χ0) is 10.6. The molecule has 14 heavy (non-hydrogen) atoms. The van der Waals surface area contributed by atoms with Crippen molar-refractivity contribution in [2.24, 2.45) is 5.11 Å². The molecule has 1 rings (SSSR count). The first kappa shape index (κ1) is 11.3. The summed E-state index contributed by atoms with van der Waals surface area (Å²) in [5, 5.41) is 3.43. The lowest BCUT2D eigenvalue weighted by Gasteiger charge is -2.32. The van der Waals surface area contributed by atoms with Gasteiger partial charge in [0.1, 0.15) is 0 Å². The van der Waals surface area contributed by atoms with Crippen LogP contribution in [0.1, 0.15) is 6.92 Å². The minimum absolute atomic E-state index is 0.0302. The maximum atomic E-state index is 11.2. The summed E-state index contributed by atoms with van der Waals surface area (Å²) in [5.41, 5.74) is 8.09. The van der Waals surface area contributed by atoms with Gasteiger partial charge in [-0.3, -0.25) is 4.90 Å². The second kappa shape index (κ2) is 4.63. The molecule has 0 saturated carbocycles. The van der Waals surface area contributed by atoms with Gasteiger partial charge in [-0.25, -0.2) is 8.42 Å². The van der Waals surface area contributed by atoms with Crippen LogP contribution in [0, 0.1) is 0 Å². The molecular formula is C7H14N4O2S. The molecule has 7 heteroatoms. The molecule has 6 nitrogen and oxygen atoms in total. The maximum absolute atomic E-state index is 11.2. The lowest BCUT2D eigenvalue weighted by Crippen LogP contribution is -2.47. The van der Waals surface area contributed by atoms with Crippen molar-refractivity contribution in [1.29, 1.82) is 0 Å². The number of hydrogen-bond acceptors (Lipinski definition) is 4. The first-order chi connectivity index (χ1) is 6.55. The van der Waals surface area contributed by atoms with Crippen molar-refractivity contribution in [1.82, 2.24) is 4.90 Å². The van der Waals surface area contributed by atoms with Gasteiger partial charge in [0.15, 0.2) is 9.84 Å². The number of azide groups is 1. The minimum Gasteiger partial charge on any atom is -0.299 e. The second-order valence-electron chi connectivity index (χ2n) is 3.45. The first-order valence-corrected chi connectivity index (χ1v) is 6.32. The summed E-state index contributed by atoms with van der Waals surface area (Å²) in [7, 11) is -2.84. The van der Waals surface area contributed by atoms with Gasteiger partial charge in [0, 0.05) is 30.6 Å². The van der Waals surface area contributed by atoms with E-state index >= 15 is 0 Å². The zero-order valence-corrected chi connectivity index (χ0v) is 8.94. The molecule has 0 bridgehead atoms. The van der Waals surface area contributed by atoms with Gasteiger partial charge in [0.2, 0.25) is 0 Å². The van der Waals surface area contributed by atoms with Crippen molar-refractivity contribution in [3.63, 3.8) is 0 Å². The number of sulfone groups is 1. The Morgan fingerprint density at radius 3 is 2.93 bits per heavy atom. The fraction of sp³-hybridized carbons (Fsp3) is 1.00. The van der Waals surface area contributed by atoms with Crippen molar-refractivity contribution in [3.05, 3.63) is 10.4 Å². The molecule has 1 fully saturated rings. The van der Waals surface area contributed by atoms with E-state index in [4.69, 9.17) is 5.53 Å².